The maximum absolute atomic E-state index is 14.0. The Balaban J connectivity index is 2.06. The summed E-state index contributed by atoms with van der Waals surface area (Å²) in [7, 11) is 0. The van der Waals surface area contributed by atoms with Gasteiger partial charge in [-0.25, -0.2) is 9.37 Å². The van der Waals surface area contributed by atoms with E-state index in [9.17, 15) is 4.39 Å². The maximum Gasteiger partial charge on any atom is 0.194 e. The molecule has 0 fully saturated rings. The topological polar surface area (TPSA) is 38.1 Å². The molecule has 0 unspecified atom stereocenters. The lowest BCUT2D eigenvalue weighted by molar-refractivity contribution is 0.489. The molecule has 0 aliphatic rings. The average molecular weight is 262 g/mol. The first-order valence-electron chi connectivity index (χ1n) is 6.63. The van der Waals surface area contributed by atoms with Gasteiger partial charge in [0.25, 0.3) is 0 Å². The molecule has 19 heavy (non-hydrogen) atoms. The van der Waals surface area contributed by atoms with Crippen LogP contribution in [-0.4, -0.2) is 18.1 Å². The Labute approximate surface area is 112 Å². The van der Waals surface area contributed by atoms with Crippen molar-refractivity contribution in [2.75, 3.05) is 13.1 Å². The molecule has 102 valence electrons. The minimum atomic E-state index is -0.238. The molecule has 0 saturated carbocycles. The number of aromatic nitrogens is 1. The van der Waals surface area contributed by atoms with Gasteiger partial charge in [-0.05, 0) is 38.1 Å². The third-order valence-electron chi connectivity index (χ3n) is 3.01. The first-order valence-corrected chi connectivity index (χ1v) is 6.63. The summed E-state index contributed by atoms with van der Waals surface area (Å²) in [6.07, 6.45) is 3.32. The van der Waals surface area contributed by atoms with Crippen molar-refractivity contribution < 1.29 is 8.81 Å². The largest absolute Gasteiger partial charge is 0.441 e. The number of hydrogen-bond acceptors (Lipinski definition) is 3. The van der Waals surface area contributed by atoms with Crippen molar-refractivity contribution in [1.82, 2.24) is 10.3 Å². The summed E-state index contributed by atoms with van der Waals surface area (Å²) < 4.78 is 19.6. The normalized spacial score (nSPS) is 10.9. The van der Waals surface area contributed by atoms with Gasteiger partial charge in [-0.2, -0.15) is 0 Å². The fourth-order valence-electron chi connectivity index (χ4n) is 1.93. The molecular formula is C15H19FN2O. The monoisotopic (exact) mass is 262 g/mol. The van der Waals surface area contributed by atoms with Crippen LogP contribution in [0.1, 0.15) is 24.8 Å². The van der Waals surface area contributed by atoms with Crippen LogP contribution in [0.25, 0.3) is 11.3 Å². The molecule has 0 aliphatic carbocycles. The lowest BCUT2D eigenvalue weighted by Gasteiger charge is -2.01. The maximum atomic E-state index is 14.0. The molecule has 1 heterocycles. The highest BCUT2D eigenvalue weighted by atomic mass is 19.1. The highest BCUT2D eigenvalue weighted by Gasteiger charge is 2.12. The van der Waals surface area contributed by atoms with Gasteiger partial charge in [0.05, 0.1) is 11.8 Å². The van der Waals surface area contributed by atoms with Crippen molar-refractivity contribution in [1.29, 1.82) is 0 Å². The van der Waals surface area contributed by atoms with E-state index >= 15 is 0 Å². The number of oxazole rings is 1. The minimum absolute atomic E-state index is 0.238. The van der Waals surface area contributed by atoms with Gasteiger partial charge in [-0.15, -0.1) is 0 Å². The number of nitrogens with zero attached hydrogens (tertiary/aromatic N) is 1. The van der Waals surface area contributed by atoms with Crippen LogP contribution in [0, 0.1) is 12.7 Å². The summed E-state index contributed by atoms with van der Waals surface area (Å²) in [6, 6.07) is 5.28. The zero-order valence-corrected chi connectivity index (χ0v) is 11.4. The molecule has 0 spiro atoms. The van der Waals surface area contributed by atoms with E-state index in [2.05, 4.69) is 17.2 Å². The third-order valence-corrected chi connectivity index (χ3v) is 3.01. The quantitative estimate of drug-likeness (QED) is 0.811. The molecule has 1 aromatic carbocycles. The van der Waals surface area contributed by atoms with E-state index in [1.165, 1.54) is 0 Å². The predicted octanol–water partition coefficient (Wildman–Crippen LogP) is 3.33. The smallest absolute Gasteiger partial charge is 0.194 e. The van der Waals surface area contributed by atoms with Crippen molar-refractivity contribution in [2.45, 2.75) is 26.7 Å². The molecule has 1 aromatic heterocycles. The van der Waals surface area contributed by atoms with E-state index in [4.69, 9.17) is 4.42 Å². The van der Waals surface area contributed by atoms with Gasteiger partial charge in [0.2, 0.25) is 0 Å². The van der Waals surface area contributed by atoms with Crippen LogP contribution in [0.15, 0.2) is 28.8 Å². The Hall–Kier alpha value is -1.68. The van der Waals surface area contributed by atoms with Gasteiger partial charge in [0, 0.05) is 6.42 Å². The van der Waals surface area contributed by atoms with Gasteiger partial charge in [0.15, 0.2) is 11.7 Å². The molecule has 4 heteroatoms. The van der Waals surface area contributed by atoms with Gasteiger partial charge in [-0.3, -0.25) is 0 Å². The number of benzene rings is 1. The lowest BCUT2D eigenvalue weighted by Crippen LogP contribution is -2.14. The van der Waals surface area contributed by atoms with Crippen molar-refractivity contribution in [3.63, 3.8) is 0 Å². The highest BCUT2D eigenvalue weighted by molar-refractivity contribution is 5.58. The summed E-state index contributed by atoms with van der Waals surface area (Å²) >= 11 is 0. The summed E-state index contributed by atoms with van der Waals surface area (Å²) in [5.41, 5.74) is 1.09. The molecule has 0 radical (unpaired) electrons. The zero-order valence-electron chi connectivity index (χ0n) is 11.4. The Morgan fingerprint density at radius 1 is 1.37 bits per heavy atom. The van der Waals surface area contributed by atoms with E-state index in [1.807, 2.05) is 6.07 Å². The van der Waals surface area contributed by atoms with Crippen molar-refractivity contribution in [2.24, 2.45) is 0 Å². The summed E-state index contributed by atoms with van der Waals surface area (Å²) in [6.45, 7) is 5.72. The summed E-state index contributed by atoms with van der Waals surface area (Å²) in [4.78, 5) is 4.20. The molecule has 0 amide bonds. The standard InChI is InChI=1S/C15H19FN2O/c1-3-17-9-5-8-14-18-10-13(19-14)12-7-4-6-11(2)15(12)16/h4,6-7,10,17H,3,5,8-9H2,1-2H3. The van der Waals surface area contributed by atoms with Crippen molar-refractivity contribution in [3.05, 3.63) is 41.7 Å². The summed E-state index contributed by atoms with van der Waals surface area (Å²) in [5.74, 6) is 0.923. The second-order valence-corrected chi connectivity index (χ2v) is 4.51. The van der Waals surface area contributed by atoms with Crippen molar-refractivity contribution in [3.8, 4) is 11.3 Å². The second-order valence-electron chi connectivity index (χ2n) is 4.51. The Kier molecular flexibility index (Phi) is 4.68. The molecule has 0 saturated heterocycles. The Morgan fingerprint density at radius 3 is 3.00 bits per heavy atom. The van der Waals surface area contributed by atoms with Gasteiger partial charge in [-0.1, -0.05) is 19.1 Å². The molecule has 0 aliphatic heterocycles. The molecule has 0 bridgehead atoms. The molecule has 2 aromatic rings. The Bertz CT molecular complexity index is 537. The fourth-order valence-corrected chi connectivity index (χ4v) is 1.93. The van der Waals surface area contributed by atoms with Crippen LogP contribution >= 0.6 is 0 Å². The van der Waals surface area contributed by atoms with Crippen molar-refractivity contribution >= 4 is 0 Å². The number of halogens is 1. The van der Waals surface area contributed by atoms with Gasteiger partial charge < -0.3 is 9.73 Å². The average Bonchev–Trinajstić information content (AvgIpc) is 2.87. The van der Waals surface area contributed by atoms with E-state index in [0.29, 0.717) is 22.8 Å². The summed E-state index contributed by atoms with van der Waals surface area (Å²) in [5, 5.41) is 3.24. The van der Waals surface area contributed by atoms with Crippen LogP contribution in [0.5, 0.6) is 0 Å². The van der Waals surface area contributed by atoms with Crippen LogP contribution in [0.3, 0.4) is 0 Å². The van der Waals surface area contributed by atoms with E-state index < -0.39 is 0 Å². The van der Waals surface area contributed by atoms with E-state index in [0.717, 1.165) is 25.9 Å². The third kappa shape index (κ3) is 3.41. The first kappa shape index (κ1) is 13.7. The fraction of sp³-hybridized carbons (Fsp3) is 0.400. The first-order chi connectivity index (χ1) is 9.22. The molecule has 3 nitrogen and oxygen atoms in total. The van der Waals surface area contributed by atoms with Crippen LogP contribution in [0.4, 0.5) is 4.39 Å². The van der Waals surface area contributed by atoms with Gasteiger partial charge >= 0.3 is 0 Å². The molecule has 1 N–H and O–H groups in total. The Morgan fingerprint density at radius 2 is 2.21 bits per heavy atom. The highest BCUT2D eigenvalue weighted by Crippen LogP contribution is 2.25. The van der Waals surface area contributed by atoms with Crippen LogP contribution < -0.4 is 5.32 Å². The van der Waals surface area contributed by atoms with E-state index in [1.54, 1.807) is 25.3 Å². The minimum Gasteiger partial charge on any atom is -0.441 e. The molecule has 2 rings (SSSR count). The predicted molar refractivity (Wildman–Crippen MR) is 73.5 cm³/mol. The SMILES string of the molecule is CCNCCCc1ncc(-c2cccc(C)c2F)o1. The number of nitrogens with one attached hydrogen (secondary N) is 1. The number of aryl methyl sites for hydroxylation is 2. The zero-order chi connectivity index (χ0) is 13.7. The molecular weight excluding hydrogens is 243 g/mol. The number of hydrogen-bond donors (Lipinski definition) is 1. The van der Waals surface area contributed by atoms with Crippen LogP contribution in [0.2, 0.25) is 0 Å². The lowest BCUT2D eigenvalue weighted by atomic mass is 10.1. The second kappa shape index (κ2) is 6.48. The van der Waals surface area contributed by atoms with Gasteiger partial charge in [0.1, 0.15) is 5.82 Å². The molecule has 0 atom stereocenters. The van der Waals surface area contributed by atoms with E-state index in [-0.39, 0.29) is 5.82 Å². The van der Waals surface area contributed by atoms with Crippen LogP contribution in [-0.2, 0) is 6.42 Å². The number of rotatable bonds is 6.